The first kappa shape index (κ1) is 12.8. The highest BCUT2D eigenvalue weighted by Gasteiger charge is 2.49. The van der Waals surface area contributed by atoms with E-state index in [-0.39, 0.29) is 17.5 Å². The molecule has 3 rings (SSSR count). The van der Waals surface area contributed by atoms with Crippen molar-refractivity contribution in [3.05, 3.63) is 28.2 Å². The summed E-state index contributed by atoms with van der Waals surface area (Å²) >= 11 is 0. The van der Waals surface area contributed by atoms with Gasteiger partial charge in [0.15, 0.2) is 0 Å². The van der Waals surface area contributed by atoms with Crippen LogP contribution in [-0.4, -0.2) is 44.7 Å². The summed E-state index contributed by atoms with van der Waals surface area (Å²) in [6.07, 6.45) is 2.85. The number of rotatable bonds is 2. The third kappa shape index (κ3) is 1.99. The molecule has 2 N–H and O–H groups in total. The molecule has 0 spiro atoms. The van der Waals surface area contributed by atoms with Crippen molar-refractivity contribution in [3.63, 3.8) is 0 Å². The molecule has 7 heteroatoms. The lowest BCUT2D eigenvalue weighted by molar-refractivity contribution is -0.142. The molecule has 3 unspecified atom stereocenters. The van der Waals surface area contributed by atoms with Crippen LogP contribution in [0.3, 0.4) is 0 Å². The van der Waals surface area contributed by atoms with Crippen LogP contribution >= 0.6 is 0 Å². The summed E-state index contributed by atoms with van der Waals surface area (Å²) in [5, 5.41) is 15.3. The second-order valence-corrected chi connectivity index (χ2v) is 5.40. The van der Waals surface area contributed by atoms with Gasteiger partial charge < -0.3 is 10.0 Å². The molecule has 20 heavy (non-hydrogen) atoms. The van der Waals surface area contributed by atoms with E-state index < -0.39 is 23.5 Å². The van der Waals surface area contributed by atoms with Crippen LogP contribution in [0.15, 0.2) is 16.9 Å². The number of hydrogen-bond acceptors (Lipinski definition) is 4. The highest BCUT2D eigenvalue weighted by Crippen LogP contribution is 2.42. The van der Waals surface area contributed by atoms with Gasteiger partial charge in [0.2, 0.25) is 0 Å². The summed E-state index contributed by atoms with van der Waals surface area (Å²) in [5.74, 6) is -1.08. The number of H-pyrrole nitrogens is 1. The van der Waals surface area contributed by atoms with E-state index >= 15 is 0 Å². The Morgan fingerprint density at radius 2 is 2.15 bits per heavy atom. The fourth-order valence-electron chi connectivity index (χ4n) is 3.44. The van der Waals surface area contributed by atoms with Gasteiger partial charge in [-0.15, -0.1) is 0 Å². The molecule has 1 aromatic heterocycles. The first-order valence-electron chi connectivity index (χ1n) is 6.67. The molecule has 7 nitrogen and oxygen atoms in total. The van der Waals surface area contributed by atoms with Crippen molar-refractivity contribution in [2.24, 2.45) is 11.8 Å². The van der Waals surface area contributed by atoms with E-state index in [1.807, 2.05) is 0 Å². The highest BCUT2D eigenvalue weighted by molar-refractivity contribution is 5.95. The number of fused-ring (bicyclic) bond motifs is 1. The molecule has 1 amide bonds. The van der Waals surface area contributed by atoms with E-state index in [0.717, 1.165) is 19.3 Å². The molecule has 2 fully saturated rings. The summed E-state index contributed by atoms with van der Waals surface area (Å²) in [6, 6.07) is 1.77. The molecule has 1 saturated carbocycles. The molecule has 2 aliphatic rings. The Labute approximate surface area is 114 Å². The minimum absolute atomic E-state index is 0.0409. The normalized spacial score (nSPS) is 28.4. The van der Waals surface area contributed by atoms with Gasteiger partial charge in [-0.3, -0.25) is 9.59 Å². The van der Waals surface area contributed by atoms with Crippen LogP contribution in [0, 0.1) is 11.8 Å². The number of hydrogen-bond donors (Lipinski definition) is 2. The smallest absolute Gasteiger partial charge is 0.326 e. The van der Waals surface area contributed by atoms with Crippen molar-refractivity contribution in [3.8, 4) is 0 Å². The summed E-state index contributed by atoms with van der Waals surface area (Å²) in [4.78, 5) is 36.2. The number of aromatic nitrogens is 2. The molecule has 1 saturated heterocycles. The molecule has 3 atom stereocenters. The molecule has 1 aliphatic carbocycles. The summed E-state index contributed by atoms with van der Waals surface area (Å²) in [5.41, 5.74) is -0.314. The first-order valence-corrected chi connectivity index (χ1v) is 6.67. The van der Waals surface area contributed by atoms with Crippen molar-refractivity contribution in [2.45, 2.75) is 25.3 Å². The molecule has 1 aromatic rings. The van der Waals surface area contributed by atoms with E-state index in [1.165, 1.54) is 17.0 Å². The van der Waals surface area contributed by atoms with Crippen LogP contribution in [0.1, 0.15) is 29.8 Å². The SMILES string of the molecule is O=C(O)C1C2CCCC2CN1C(=O)c1ccc(=O)[nH]n1. The molecule has 2 heterocycles. The van der Waals surface area contributed by atoms with Crippen molar-refractivity contribution in [1.29, 1.82) is 0 Å². The number of nitrogens with one attached hydrogen (secondary N) is 1. The van der Waals surface area contributed by atoms with Crippen molar-refractivity contribution in [1.82, 2.24) is 15.1 Å². The number of nitrogens with zero attached hydrogens (tertiary/aromatic N) is 2. The molecule has 0 bridgehead atoms. The Hall–Kier alpha value is -2.18. The van der Waals surface area contributed by atoms with Gasteiger partial charge in [0.05, 0.1) is 0 Å². The zero-order valence-corrected chi connectivity index (χ0v) is 10.8. The van der Waals surface area contributed by atoms with Gasteiger partial charge in [-0.05, 0) is 30.7 Å². The largest absolute Gasteiger partial charge is 0.480 e. The maximum absolute atomic E-state index is 12.4. The quantitative estimate of drug-likeness (QED) is 0.797. The van der Waals surface area contributed by atoms with E-state index in [9.17, 15) is 19.5 Å². The molecule has 1 aliphatic heterocycles. The van der Waals surface area contributed by atoms with Crippen molar-refractivity contribution >= 4 is 11.9 Å². The Bertz CT molecular complexity index is 591. The number of amides is 1. The van der Waals surface area contributed by atoms with E-state index in [4.69, 9.17) is 0 Å². The zero-order chi connectivity index (χ0) is 14.3. The van der Waals surface area contributed by atoms with E-state index in [0.29, 0.717) is 6.54 Å². The maximum atomic E-state index is 12.4. The predicted molar refractivity (Wildman–Crippen MR) is 68.1 cm³/mol. The third-order valence-electron chi connectivity index (χ3n) is 4.30. The number of carboxylic acid groups (broad SMARTS) is 1. The Morgan fingerprint density at radius 1 is 1.35 bits per heavy atom. The predicted octanol–water partition coefficient (Wildman–Crippen LogP) is 0.0952. The second kappa shape index (κ2) is 4.73. The zero-order valence-electron chi connectivity index (χ0n) is 10.8. The standard InChI is InChI=1S/C13H15N3O4/c17-10-5-4-9(14-15-10)12(18)16-6-7-2-1-3-8(7)11(16)13(19)20/h4-5,7-8,11H,1-3,6H2,(H,15,17)(H,19,20). The van der Waals surface area contributed by atoms with Crippen LogP contribution in [0.25, 0.3) is 0 Å². The van der Waals surface area contributed by atoms with Gasteiger partial charge in [0.25, 0.3) is 11.5 Å². The lowest BCUT2D eigenvalue weighted by Crippen LogP contribution is -2.43. The minimum atomic E-state index is -0.961. The molecular weight excluding hydrogens is 262 g/mol. The van der Waals surface area contributed by atoms with Crippen LogP contribution in [0.4, 0.5) is 0 Å². The van der Waals surface area contributed by atoms with Crippen LogP contribution < -0.4 is 5.56 Å². The van der Waals surface area contributed by atoms with Crippen molar-refractivity contribution < 1.29 is 14.7 Å². The van der Waals surface area contributed by atoms with E-state index in [1.54, 1.807) is 0 Å². The Balaban J connectivity index is 1.88. The molecule has 0 radical (unpaired) electrons. The Kier molecular flexibility index (Phi) is 3.04. The van der Waals surface area contributed by atoms with Gasteiger partial charge in [0, 0.05) is 12.6 Å². The van der Waals surface area contributed by atoms with Gasteiger partial charge in [0.1, 0.15) is 11.7 Å². The van der Waals surface area contributed by atoms with Crippen molar-refractivity contribution in [2.75, 3.05) is 6.54 Å². The lowest BCUT2D eigenvalue weighted by atomic mass is 9.94. The lowest BCUT2D eigenvalue weighted by Gasteiger charge is -2.23. The van der Waals surface area contributed by atoms with Crippen LogP contribution in [0.5, 0.6) is 0 Å². The maximum Gasteiger partial charge on any atom is 0.326 e. The third-order valence-corrected chi connectivity index (χ3v) is 4.30. The number of carbonyl (C=O) groups is 2. The summed E-state index contributed by atoms with van der Waals surface area (Å²) in [7, 11) is 0. The van der Waals surface area contributed by atoms with Gasteiger partial charge in [-0.2, -0.15) is 5.10 Å². The van der Waals surface area contributed by atoms with Crippen LogP contribution in [-0.2, 0) is 4.79 Å². The average Bonchev–Trinajstić information content (AvgIpc) is 2.97. The Morgan fingerprint density at radius 3 is 2.80 bits per heavy atom. The number of carboxylic acids is 1. The van der Waals surface area contributed by atoms with Gasteiger partial charge >= 0.3 is 5.97 Å². The van der Waals surface area contributed by atoms with E-state index in [2.05, 4.69) is 10.2 Å². The monoisotopic (exact) mass is 277 g/mol. The molecular formula is C13H15N3O4. The number of aliphatic carboxylic acids is 1. The number of carbonyl (C=O) groups excluding carboxylic acids is 1. The summed E-state index contributed by atoms with van der Waals surface area (Å²) in [6.45, 7) is 0.460. The fourth-order valence-corrected chi connectivity index (χ4v) is 3.44. The number of aromatic amines is 1. The minimum Gasteiger partial charge on any atom is -0.480 e. The second-order valence-electron chi connectivity index (χ2n) is 5.40. The topological polar surface area (TPSA) is 103 Å². The van der Waals surface area contributed by atoms with Gasteiger partial charge in [-0.25, -0.2) is 9.89 Å². The summed E-state index contributed by atoms with van der Waals surface area (Å²) < 4.78 is 0. The van der Waals surface area contributed by atoms with Gasteiger partial charge in [-0.1, -0.05) is 6.42 Å². The first-order chi connectivity index (χ1) is 9.58. The molecule has 0 aromatic carbocycles. The number of likely N-dealkylation sites (tertiary alicyclic amines) is 1. The molecule has 106 valence electrons. The average molecular weight is 277 g/mol. The fraction of sp³-hybridized carbons (Fsp3) is 0.538. The highest BCUT2D eigenvalue weighted by atomic mass is 16.4. The van der Waals surface area contributed by atoms with Crippen LogP contribution in [0.2, 0.25) is 0 Å².